The maximum Gasteiger partial charge on any atom is 0.177 e. The number of hydrogen-bond donors (Lipinski definition) is 1. The van der Waals surface area contributed by atoms with Crippen molar-refractivity contribution in [2.24, 2.45) is 15.7 Å². The normalized spacial score (nSPS) is 12.6. The molecule has 270 valence electrons. The molecule has 0 bridgehead atoms. The van der Waals surface area contributed by atoms with Gasteiger partial charge in [-0.05, 0) is 48.5 Å². The van der Waals surface area contributed by atoms with E-state index in [1.807, 2.05) is 60.7 Å². The number of amidine groups is 2. The molecule has 0 saturated carbocycles. The number of hydrogen-bond acceptors (Lipinski definition) is 5. The second-order valence-electron chi connectivity index (χ2n) is 14.0. The molecule has 8 heteroatoms. The molecule has 0 aliphatic heterocycles. The Labute approximate surface area is 330 Å². The van der Waals surface area contributed by atoms with Crippen LogP contribution in [-0.2, 0) is 6.54 Å². The number of aliphatic imine (C=N–C) groups is 2. The average molecular weight is 753 g/mol. The summed E-state index contributed by atoms with van der Waals surface area (Å²) in [5.74, 6) is 1.35. The van der Waals surface area contributed by atoms with Crippen molar-refractivity contribution >= 4 is 87.1 Å². The summed E-state index contributed by atoms with van der Waals surface area (Å²) in [7, 11) is 0. The topological polar surface area (TPSA) is 94.6 Å². The lowest BCUT2D eigenvalue weighted by Crippen LogP contribution is -2.17. The number of aromatic nitrogens is 3. The third-order valence-electron chi connectivity index (χ3n) is 10.6. The maximum absolute atomic E-state index is 6.79. The zero-order valence-corrected chi connectivity index (χ0v) is 31.3. The SMILES string of the molecule is NC(=NC(=NCc1cccc2c1oc1ccccc12)c1nc(-c2ccc3c(c2)c2ccccc2n3-c2ccccc2)nc2c1sc1ccccc12)c1ccccc1. The summed E-state index contributed by atoms with van der Waals surface area (Å²) in [4.78, 5) is 20.9. The highest BCUT2D eigenvalue weighted by Crippen LogP contribution is 2.39. The minimum absolute atomic E-state index is 0.300. The quantitative estimate of drug-likeness (QED) is 0.135. The summed E-state index contributed by atoms with van der Waals surface area (Å²) >= 11 is 1.64. The number of nitrogens with zero attached hydrogens (tertiary/aromatic N) is 5. The molecule has 7 aromatic carbocycles. The van der Waals surface area contributed by atoms with Crippen LogP contribution >= 0.6 is 11.3 Å². The van der Waals surface area contributed by atoms with Gasteiger partial charge in [0.15, 0.2) is 11.7 Å². The Hall–Kier alpha value is -7.42. The number of furan rings is 1. The molecule has 0 spiro atoms. The summed E-state index contributed by atoms with van der Waals surface area (Å²) < 4.78 is 10.7. The van der Waals surface area contributed by atoms with Gasteiger partial charge in [-0.1, -0.05) is 121 Å². The van der Waals surface area contributed by atoms with Gasteiger partial charge in [-0.3, -0.25) is 4.99 Å². The highest BCUT2D eigenvalue weighted by molar-refractivity contribution is 7.26. The van der Waals surface area contributed by atoms with Crippen LogP contribution in [0, 0.1) is 0 Å². The summed E-state index contributed by atoms with van der Waals surface area (Å²) in [5, 5.41) is 5.44. The smallest absolute Gasteiger partial charge is 0.177 e. The van der Waals surface area contributed by atoms with Gasteiger partial charge in [0.25, 0.3) is 0 Å². The Morgan fingerprint density at radius 1 is 0.632 bits per heavy atom. The van der Waals surface area contributed by atoms with Crippen molar-refractivity contribution in [1.82, 2.24) is 14.5 Å². The lowest BCUT2D eigenvalue weighted by atomic mass is 10.1. The van der Waals surface area contributed by atoms with Crippen molar-refractivity contribution in [1.29, 1.82) is 0 Å². The van der Waals surface area contributed by atoms with E-state index in [4.69, 9.17) is 30.1 Å². The van der Waals surface area contributed by atoms with Gasteiger partial charge >= 0.3 is 0 Å². The van der Waals surface area contributed by atoms with Crippen LogP contribution in [0.3, 0.4) is 0 Å². The average Bonchev–Trinajstić information content (AvgIpc) is 3.95. The zero-order valence-electron chi connectivity index (χ0n) is 30.5. The number of benzene rings is 7. The van der Waals surface area contributed by atoms with E-state index in [9.17, 15) is 0 Å². The Balaban J connectivity index is 1.14. The van der Waals surface area contributed by atoms with Crippen LogP contribution in [0.2, 0.25) is 0 Å². The van der Waals surface area contributed by atoms with E-state index >= 15 is 0 Å². The van der Waals surface area contributed by atoms with Gasteiger partial charge in [-0.25, -0.2) is 15.0 Å². The number of thiophene rings is 1. The molecule has 11 rings (SSSR count). The molecule has 0 saturated heterocycles. The van der Waals surface area contributed by atoms with Crippen LogP contribution in [0.5, 0.6) is 0 Å². The van der Waals surface area contributed by atoms with Gasteiger partial charge in [-0.2, -0.15) is 0 Å². The fourth-order valence-corrected chi connectivity index (χ4v) is 9.01. The molecule has 4 aromatic heterocycles. The lowest BCUT2D eigenvalue weighted by Gasteiger charge is -2.10. The molecular weight excluding hydrogens is 721 g/mol. The Morgan fingerprint density at radius 2 is 1.33 bits per heavy atom. The van der Waals surface area contributed by atoms with Gasteiger partial charge in [-0.15, -0.1) is 11.3 Å². The molecule has 4 heterocycles. The summed E-state index contributed by atoms with van der Waals surface area (Å²) in [5.41, 5.74) is 15.9. The largest absolute Gasteiger partial charge is 0.456 e. The molecule has 11 aromatic rings. The van der Waals surface area contributed by atoms with Crippen LogP contribution in [0.4, 0.5) is 0 Å². The minimum atomic E-state index is 0.300. The van der Waals surface area contributed by atoms with Crippen molar-refractivity contribution in [3.05, 3.63) is 187 Å². The van der Waals surface area contributed by atoms with Crippen LogP contribution in [-0.4, -0.2) is 26.2 Å². The Bertz CT molecular complexity index is 3400. The van der Waals surface area contributed by atoms with Gasteiger partial charge in [0.2, 0.25) is 0 Å². The van der Waals surface area contributed by atoms with E-state index < -0.39 is 0 Å². The Kier molecular flexibility index (Phi) is 7.75. The molecule has 0 fully saturated rings. The molecule has 0 atom stereocenters. The van der Waals surface area contributed by atoms with Crippen molar-refractivity contribution in [2.45, 2.75) is 6.54 Å². The lowest BCUT2D eigenvalue weighted by molar-refractivity contribution is 0.663. The molecule has 2 N–H and O–H groups in total. The minimum Gasteiger partial charge on any atom is -0.456 e. The molecule has 0 aliphatic carbocycles. The standard InChI is InChI=1S/C49H32N6OS/c50-47(30-14-3-1-4-15-30)54-49(51-29-32-16-13-22-36-35-20-8-11-24-41(35)56-45(32)36)44-46-43(37-21-9-12-25-42(37)57-46)52-48(53-44)31-26-27-40-38(28-31)34-19-7-10-23-39(34)55(40)33-17-5-2-6-18-33/h1-28H,29H2,(H2,50,51,54). The van der Waals surface area contributed by atoms with E-state index in [1.54, 1.807) is 11.3 Å². The first-order chi connectivity index (χ1) is 28.2. The van der Waals surface area contributed by atoms with Gasteiger partial charge < -0.3 is 14.7 Å². The zero-order chi connectivity index (χ0) is 37.9. The van der Waals surface area contributed by atoms with Gasteiger partial charge in [0.05, 0.1) is 27.8 Å². The molecule has 57 heavy (non-hydrogen) atoms. The third-order valence-corrected chi connectivity index (χ3v) is 11.7. The van der Waals surface area contributed by atoms with E-state index in [0.29, 0.717) is 29.7 Å². The van der Waals surface area contributed by atoms with E-state index in [2.05, 4.69) is 114 Å². The Morgan fingerprint density at radius 3 is 2.19 bits per heavy atom. The van der Waals surface area contributed by atoms with E-state index in [0.717, 1.165) is 86.4 Å². The van der Waals surface area contributed by atoms with E-state index in [-0.39, 0.29) is 0 Å². The number of para-hydroxylation sites is 4. The summed E-state index contributed by atoms with van der Waals surface area (Å²) in [6.07, 6.45) is 0. The summed E-state index contributed by atoms with van der Waals surface area (Å²) in [6.45, 7) is 0.300. The maximum atomic E-state index is 6.79. The molecule has 7 nitrogen and oxygen atoms in total. The van der Waals surface area contributed by atoms with Crippen molar-refractivity contribution < 1.29 is 4.42 Å². The molecule has 0 aliphatic rings. The fraction of sp³-hybridized carbons (Fsp3) is 0.0204. The van der Waals surface area contributed by atoms with Crippen LogP contribution < -0.4 is 5.73 Å². The monoisotopic (exact) mass is 752 g/mol. The predicted molar refractivity (Wildman–Crippen MR) is 236 cm³/mol. The van der Waals surface area contributed by atoms with Crippen molar-refractivity contribution in [3.63, 3.8) is 0 Å². The first kappa shape index (κ1) is 33.0. The summed E-state index contributed by atoms with van der Waals surface area (Å²) in [6, 6.07) is 57.9. The van der Waals surface area contributed by atoms with Crippen molar-refractivity contribution in [3.8, 4) is 17.1 Å². The molecule has 0 unspecified atom stereocenters. The van der Waals surface area contributed by atoms with E-state index in [1.165, 1.54) is 0 Å². The molecular formula is C49H32N6OS. The highest BCUT2D eigenvalue weighted by atomic mass is 32.1. The highest BCUT2D eigenvalue weighted by Gasteiger charge is 2.21. The number of fused-ring (bicyclic) bond motifs is 9. The van der Waals surface area contributed by atoms with Gasteiger partial charge in [0.1, 0.15) is 22.7 Å². The van der Waals surface area contributed by atoms with Crippen LogP contribution in [0.15, 0.2) is 184 Å². The first-order valence-electron chi connectivity index (χ1n) is 18.8. The number of rotatable bonds is 6. The first-order valence-corrected chi connectivity index (χ1v) is 19.6. The fourth-order valence-electron chi connectivity index (χ4n) is 7.88. The molecule has 0 radical (unpaired) electrons. The third kappa shape index (κ3) is 5.57. The number of nitrogens with two attached hydrogens (primary N) is 1. The van der Waals surface area contributed by atoms with Crippen molar-refractivity contribution in [2.75, 3.05) is 0 Å². The molecule has 0 amide bonds. The second kappa shape index (κ2) is 13.4. The second-order valence-corrected chi connectivity index (χ2v) is 15.0. The van der Waals surface area contributed by atoms with Crippen LogP contribution in [0.1, 0.15) is 16.8 Å². The van der Waals surface area contributed by atoms with Crippen LogP contribution in [0.25, 0.3) is 81.1 Å². The van der Waals surface area contributed by atoms with Gasteiger partial charge in [0, 0.05) is 54.0 Å². The predicted octanol–water partition coefficient (Wildman–Crippen LogP) is 11.9.